The summed E-state index contributed by atoms with van der Waals surface area (Å²) in [7, 11) is -2.38. The van der Waals surface area contributed by atoms with Crippen LogP contribution >= 0.6 is 27.3 Å². The van der Waals surface area contributed by atoms with Crippen molar-refractivity contribution in [1.29, 1.82) is 0 Å². The maximum atomic E-state index is 12.3. The summed E-state index contributed by atoms with van der Waals surface area (Å²) in [6, 6.07) is 1.24. The molecule has 0 amide bonds. The van der Waals surface area contributed by atoms with Gasteiger partial charge in [-0.05, 0) is 12.5 Å². The second kappa shape index (κ2) is 9.05. The number of hydrogen-bond acceptors (Lipinski definition) is 6. The van der Waals surface area contributed by atoms with Gasteiger partial charge in [0.05, 0.1) is 10.9 Å². The molecule has 0 radical (unpaired) electrons. The number of Topliss-reactive ketones (excluding diaryl/α,β-unsaturated/α-hetero) is 1. The van der Waals surface area contributed by atoms with Gasteiger partial charge in [0.1, 0.15) is 9.21 Å². The van der Waals surface area contributed by atoms with E-state index >= 15 is 0 Å². The molecule has 0 aliphatic heterocycles. The second-order valence-electron chi connectivity index (χ2n) is 3.96. The molecule has 0 bridgehead atoms. The van der Waals surface area contributed by atoms with E-state index in [1.165, 1.54) is 13.2 Å². The number of halogens is 1. The number of rotatable bonds is 10. The number of ketones is 1. The molecule has 1 atom stereocenters. The Morgan fingerprint density at radius 2 is 2.23 bits per heavy atom. The van der Waals surface area contributed by atoms with Crippen molar-refractivity contribution in [2.75, 3.05) is 30.3 Å². The molecule has 0 aromatic carbocycles. The van der Waals surface area contributed by atoms with E-state index < -0.39 is 27.1 Å². The van der Waals surface area contributed by atoms with Crippen LogP contribution in [-0.2, 0) is 26.0 Å². The van der Waals surface area contributed by atoms with Crippen molar-refractivity contribution >= 4 is 59.3 Å². The van der Waals surface area contributed by atoms with E-state index in [1.54, 1.807) is 0 Å². The van der Waals surface area contributed by atoms with Gasteiger partial charge in [-0.15, -0.1) is 11.3 Å². The highest BCUT2D eigenvalue weighted by molar-refractivity contribution is 9.09. The Bertz CT molecular complexity index is 645. The summed E-state index contributed by atoms with van der Waals surface area (Å²) in [5, 5.41) is 0.0554. The Balaban J connectivity index is 3.06. The molecule has 1 aromatic heterocycles. The molecule has 0 aliphatic carbocycles. The number of thiophene rings is 1. The van der Waals surface area contributed by atoms with Gasteiger partial charge in [-0.1, -0.05) is 15.9 Å². The fraction of sp³-hybridized carbons (Fsp3) is 0.500. The summed E-state index contributed by atoms with van der Waals surface area (Å²) in [5.74, 6) is -0.440. The zero-order valence-corrected chi connectivity index (χ0v) is 15.5. The number of sulfonamides is 1. The molecule has 1 heterocycles. The van der Waals surface area contributed by atoms with Gasteiger partial charge in [-0.25, -0.2) is 17.3 Å². The first-order valence-electron chi connectivity index (χ1n) is 5.91. The average molecular weight is 435 g/mol. The van der Waals surface area contributed by atoms with Gasteiger partial charge in [-0.2, -0.15) is 0 Å². The zero-order chi connectivity index (χ0) is 16.8. The molecular formula is C10H15BrN2O6S3. The van der Waals surface area contributed by atoms with Crippen molar-refractivity contribution in [3.63, 3.8) is 0 Å². The number of carbonyl (C=O) groups is 1. The van der Waals surface area contributed by atoms with Crippen molar-refractivity contribution in [1.82, 2.24) is 4.72 Å². The Hall–Kier alpha value is -0.370. The number of alkyl halides is 1. The molecule has 1 unspecified atom stereocenters. The van der Waals surface area contributed by atoms with E-state index in [-0.39, 0.29) is 26.6 Å². The van der Waals surface area contributed by atoms with E-state index in [1.807, 2.05) is 0 Å². The third kappa shape index (κ3) is 5.68. The Morgan fingerprint density at radius 3 is 2.77 bits per heavy atom. The highest BCUT2D eigenvalue weighted by Gasteiger charge is 2.26. The summed E-state index contributed by atoms with van der Waals surface area (Å²) in [6.45, 7) is 0.557. The van der Waals surface area contributed by atoms with E-state index in [0.29, 0.717) is 24.4 Å². The SMILES string of the molecule is COCCCNS(=O)(=O)c1sc(NS(=O)O)cc1C(=O)CBr. The van der Waals surface area contributed by atoms with Crippen LogP contribution in [0, 0.1) is 0 Å². The third-order valence-corrected chi connectivity index (χ3v) is 6.45. The lowest BCUT2D eigenvalue weighted by molar-refractivity contribution is 0.102. The minimum atomic E-state index is -3.89. The van der Waals surface area contributed by atoms with Gasteiger partial charge >= 0.3 is 0 Å². The third-order valence-electron chi connectivity index (χ3n) is 2.37. The summed E-state index contributed by atoms with van der Waals surface area (Å²) in [5.41, 5.74) is -0.0333. The van der Waals surface area contributed by atoms with Crippen LogP contribution in [0.15, 0.2) is 10.3 Å². The lowest BCUT2D eigenvalue weighted by Crippen LogP contribution is -2.26. The molecule has 22 heavy (non-hydrogen) atoms. The van der Waals surface area contributed by atoms with E-state index in [9.17, 15) is 17.4 Å². The molecule has 0 saturated carbocycles. The van der Waals surface area contributed by atoms with Crippen molar-refractivity contribution in [2.24, 2.45) is 0 Å². The van der Waals surface area contributed by atoms with Crippen molar-refractivity contribution in [2.45, 2.75) is 10.6 Å². The first kappa shape index (κ1) is 19.7. The largest absolute Gasteiger partial charge is 0.385 e. The molecule has 12 heteroatoms. The maximum absolute atomic E-state index is 12.3. The van der Waals surface area contributed by atoms with Gasteiger partial charge in [0, 0.05) is 20.3 Å². The van der Waals surface area contributed by atoms with Crippen LogP contribution < -0.4 is 9.44 Å². The molecule has 0 saturated heterocycles. The number of carbonyl (C=O) groups excluding carboxylic acids is 1. The molecular weight excluding hydrogens is 420 g/mol. The monoisotopic (exact) mass is 434 g/mol. The van der Waals surface area contributed by atoms with Gasteiger partial charge in [-0.3, -0.25) is 14.1 Å². The number of anilines is 1. The number of hydrogen-bond donors (Lipinski definition) is 3. The first-order chi connectivity index (χ1) is 10.3. The van der Waals surface area contributed by atoms with Crippen LogP contribution in [0.2, 0.25) is 0 Å². The Morgan fingerprint density at radius 1 is 1.55 bits per heavy atom. The highest BCUT2D eigenvalue weighted by atomic mass is 79.9. The predicted octanol–water partition coefficient (Wildman–Crippen LogP) is 1.19. The van der Waals surface area contributed by atoms with E-state index in [2.05, 4.69) is 25.4 Å². The normalized spacial score (nSPS) is 13.0. The van der Waals surface area contributed by atoms with Gasteiger partial charge in [0.2, 0.25) is 0 Å². The van der Waals surface area contributed by atoms with Crippen LogP contribution in [-0.4, -0.2) is 48.6 Å². The van der Waals surface area contributed by atoms with Crippen LogP contribution in [0.3, 0.4) is 0 Å². The molecule has 8 nitrogen and oxygen atoms in total. The minimum absolute atomic E-state index is 0.0333. The van der Waals surface area contributed by atoms with Crippen LogP contribution in [0.4, 0.5) is 5.00 Å². The molecule has 0 aliphatic rings. The summed E-state index contributed by atoms with van der Waals surface area (Å²) < 4.78 is 53.2. The lowest BCUT2D eigenvalue weighted by Gasteiger charge is -2.06. The molecule has 126 valence electrons. The quantitative estimate of drug-likeness (QED) is 0.220. The predicted molar refractivity (Wildman–Crippen MR) is 88.5 cm³/mol. The van der Waals surface area contributed by atoms with Crippen molar-refractivity contribution in [3.05, 3.63) is 11.6 Å². The smallest absolute Gasteiger partial charge is 0.259 e. The van der Waals surface area contributed by atoms with Gasteiger partial charge < -0.3 is 4.74 Å². The van der Waals surface area contributed by atoms with Crippen molar-refractivity contribution < 1.29 is 26.7 Å². The summed E-state index contributed by atoms with van der Waals surface area (Å²) in [4.78, 5) is 11.8. The standard InChI is InChI=1S/C10H15BrN2O6S3/c1-19-4-2-3-12-22(17,18)10-7(8(14)6-11)5-9(20-10)13-21(15)16/h5,12-13H,2-4,6H2,1H3,(H,15,16). The second-order valence-corrected chi connectivity index (χ2v) is 8.24. The number of ether oxygens (including phenoxy) is 1. The molecule has 0 spiro atoms. The summed E-state index contributed by atoms with van der Waals surface area (Å²) in [6.07, 6.45) is 0.481. The van der Waals surface area contributed by atoms with Gasteiger partial charge in [0.15, 0.2) is 5.78 Å². The molecule has 3 N–H and O–H groups in total. The zero-order valence-electron chi connectivity index (χ0n) is 11.5. The van der Waals surface area contributed by atoms with E-state index in [4.69, 9.17) is 9.29 Å². The highest BCUT2D eigenvalue weighted by Crippen LogP contribution is 2.32. The molecule has 1 rings (SSSR count). The summed E-state index contributed by atoms with van der Waals surface area (Å²) >= 11 is 1.34. The number of methoxy groups -OCH3 is 1. The molecule has 0 fully saturated rings. The van der Waals surface area contributed by atoms with Gasteiger partial charge in [0.25, 0.3) is 21.3 Å². The lowest BCUT2D eigenvalue weighted by atomic mass is 10.2. The fourth-order valence-electron chi connectivity index (χ4n) is 1.47. The van der Waals surface area contributed by atoms with Crippen LogP contribution in [0.5, 0.6) is 0 Å². The fourth-order valence-corrected chi connectivity index (χ4v) is 4.93. The van der Waals surface area contributed by atoms with Crippen LogP contribution in [0.25, 0.3) is 0 Å². The Kier molecular flexibility index (Phi) is 8.10. The van der Waals surface area contributed by atoms with Crippen molar-refractivity contribution in [3.8, 4) is 0 Å². The molecule has 1 aromatic rings. The van der Waals surface area contributed by atoms with E-state index in [0.717, 1.165) is 0 Å². The average Bonchev–Trinajstić information content (AvgIpc) is 2.86. The maximum Gasteiger partial charge on any atom is 0.259 e. The minimum Gasteiger partial charge on any atom is -0.385 e. The number of nitrogens with one attached hydrogen (secondary N) is 2. The Labute approximate surface area is 143 Å². The van der Waals surface area contributed by atoms with Crippen LogP contribution in [0.1, 0.15) is 16.8 Å². The first-order valence-corrected chi connectivity index (χ1v) is 10.4. The topological polar surface area (TPSA) is 122 Å².